The van der Waals surface area contributed by atoms with Gasteiger partial charge in [-0.3, -0.25) is 4.79 Å². The highest BCUT2D eigenvalue weighted by Crippen LogP contribution is 2.24. The second kappa shape index (κ2) is 8.00. The van der Waals surface area contributed by atoms with Crippen LogP contribution in [0.3, 0.4) is 0 Å². The molecule has 0 aliphatic heterocycles. The van der Waals surface area contributed by atoms with Crippen molar-refractivity contribution in [2.24, 2.45) is 0 Å². The topological polar surface area (TPSA) is 72.2 Å². The van der Waals surface area contributed by atoms with E-state index in [2.05, 4.69) is 20.6 Å². The van der Waals surface area contributed by atoms with Crippen molar-refractivity contribution in [3.05, 3.63) is 71.2 Å². The first-order valence-corrected chi connectivity index (χ1v) is 9.94. The Morgan fingerprint density at radius 2 is 1.89 bits per heavy atom. The van der Waals surface area contributed by atoms with Crippen molar-refractivity contribution in [1.82, 2.24) is 19.8 Å². The zero-order valence-electron chi connectivity index (χ0n) is 15.0. The Hall–Kier alpha value is -2.90. The SMILES string of the molecule is Cc1c(Cl)cccc1NC(=O)CSc1nnc2ccc(-c3ccccc3)nn12. The van der Waals surface area contributed by atoms with E-state index in [1.54, 1.807) is 16.6 Å². The molecule has 0 aliphatic carbocycles. The van der Waals surface area contributed by atoms with Gasteiger partial charge in [-0.1, -0.05) is 59.8 Å². The van der Waals surface area contributed by atoms with Crippen LogP contribution in [-0.4, -0.2) is 31.5 Å². The van der Waals surface area contributed by atoms with E-state index in [4.69, 9.17) is 11.6 Å². The third kappa shape index (κ3) is 3.85. The number of benzene rings is 2. The molecule has 2 aromatic heterocycles. The molecule has 0 saturated carbocycles. The lowest BCUT2D eigenvalue weighted by atomic mass is 10.1. The number of amides is 1. The van der Waals surface area contributed by atoms with E-state index in [1.165, 1.54) is 11.8 Å². The van der Waals surface area contributed by atoms with Gasteiger partial charge in [0.05, 0.1) is 11.4 Å². The Labute approximate surface area is 170 Å². The van der Waals surface area contributed by atoms with Crippen molar-refractivity contribution in [2.75, 3.05) is 11.1 Å². The lowest BCUT2D eigenvalue weighted by Gasteiger charge is -2.09. The van der Waals surface area contributed by atoms with Crippen molar-refractivity contribution in [1.29, 1.82) is 0 Å². The van der Waals surface area contributed by atoms with Gasteiger partial charge in [-0.2, -0.15) is 9.61 Å². The quantitative estimate of drug-likeness (QED) is 0.492. The van der Waals surface area contributed by atoms with E-state index < -0.39 is 0 Å². The van der Waals surface area contributed by atoms with Gasteiger partial charge in [0.25, 0.3) is 0 Å². The zero-order chi connectivity index (χ0) is 19.5. The molecular weight excluding hydrogens is 394 g/mol. The minimum absolute atomic E-state index is 0.147. The average molecular weight is 410 g/mol. The van der Waals surface area contributed by atoms with Gasteiger partial charge in [0, 0.05) is 16.3 Å². The Bertz CT molecular complexity index is 1150. The molecule has 4 rings (SSSR count). The Morgan fingerprint density at radius 3 is 2.71 bits per heavy atom. The largest absolute Gasteiger partial charge is 0.325 e. The molecule has 8 heteroatoms. The van der Waals surface area contributed by atoms with Crippen molar-refractivity contribution in [3.63, 3.8) is 0 Å². The number of anilines is 1. The van der Waals surface area contributed by atoms with Crippen LogP contribution >= 0.6 is 23.4 Å². The smallest absolute Gasteiger partial charge is 0.234 e. The number of hydrogen-bond acceptors (Lipinski definition) is 5. The molecule has 6 nitrogen and oxygen atoms in total. The van der Waals surface area contributed by atoms with Gasteiger partial charge in [-0.25, -0.2) is 0 Å². The number of halogens is 1. The Kier molecular flexibility index (Phi) is 5.27. The molecule has 0 radical (unpaired) electrons. The summed E-state index contributed by atoms with van der Waals surface area (Å²) in [5.41, 5.74) is 3.99. The fourth-order valence-electron chi connectivity index (χ4n) is 2.68. The highest BCUT2D eigenvalue weighted by Gasteiger charge is 2.13. The van der Waals surface area contributed by atoms with E-state index in [0.29, 0.717) is 21.5 Å². The summed E-state index contributed by atoms with van der Waals surface area (Å²) in [5, 5.41) is 16.9. The van der Waals surface area contributed by atoms with Gasteiger partial charge in [0.15, 0.2) is 5.65 Å². The maximum Gasteiger partial charge on any atom is 0.234 e. The van der Waals surface area contributed by atoms with Crippen molar-refractivity contribution >= 4 is 40.6 Å². The molecule has 0 aliphatic rings. The van der Waals surface area contributed by atoms with Crippen LogP contribution in [0.4, 0.5) is 5.69 Å². The number of nitrogens with one attached hydrogen (secondary N) is 1. The van der Waals surface area contributed by atoms with Gasteiger partial charge in [-0.05, 0) is 36.8 Å². The number of fused-ring (bicyclic) bond motifs is 1. The van der Waals surface area contributed by atoms with Gasteiger partial charge in [-0.15, -0.1) is 10.2 Å². The van der Waals surface area contributed by atoms with Crippen molar-refractivity contribution in [3.8, 4) is 11.3 Å². The minimum atomic E-state index is -0.147. The summed E-state index contributed by atoms with van der Waals surface area (Å²) in [4.78, 5) is 12.3. The van der Waals surface area contributed by atoms with E-state index >= 15 is 0 Å². The summed E-state index contributed by atoms with van der Waals surface area (Å²) in [5.74, 6) is 0.0376. The van der Waals surface area contributed by atoms with E-state index in [0.717, 1.165) is 16.8 Å². The molecule has 1 amide bonds. The summed E-state index contributed by atoms with van der Waals surface area (Å²) in [6, 6.07) is 19.1. The standard InChI is InChI=1S/C20H16ClN5OS/c1-13-15(21)8-5-9-16(13)22-19(27)12-28-20-24-23-18-11-10-17(25-26(18)20)14-6-3-2-4-7-14/h2-11H,12H2,1H3,(H,22,27). The average Bonchev–Trinajstić information content (AvgIpc) is 3.13. The van der Waals surface area contributed by atoms with Crippen LogP contribution in [0, 0.1) is 6.92 Å². The normalized spacial score (nSPS) is 10.9. The number of rotatable bonds is 5. The summed E-state index contributed by atoms with van der Waals surface area (Å²) in [7, 11) is 0. The van der Waals surface area contributed by atoms with Crippen LogP contribution in [0.1, 0.15) is 5.56 Å². The third-order valence-corrected chi connectivity index (χ3v) is 5.51. The maximum atomic E-state index is 12.3. The first-order valence-electron chi connectivity index (χ1n) is 8.57. The zero-order valence-corrected chi connectivity index (χ0v) is 16.5. The van der Waals surface area contributed by atoms with Gasteiger partial charge in [0.1, 0.15) is 0 Å². The second-order valence-corrected chi connectivity index (χ2v) is 7.44. The van der Waals surface area contributed by atoms with Crippen LogP contribution in [0.15, 0.2) is 65.8 Å². The number of carbonyl (C=O) groups is 1. The molecule has 140 valence electrons. The Morgan fingerprint density at radius 1 is 1.07 bits per heavy atom. The molecule has 28 heavy (non-hydrogen) atoms. The number of nitrogens with zero attached hydrogens (tertiary/aromatic N) is 4. The molecule has 1 N–H and O–H groups in total. The number of thioether (sulfide) groups is 1. The van der Waals surface area contributed by atoms with E-state index in [-0.39, 0.29) is 11.7 Å². The maximum absolute atomic E-state index is 12.3. The first-order chi connectivity index (χ1) is 13.6. The molecular formula is C20H16ClN5OS. The van der Waals surface area contributed by atoms with Crippen molar-refractivity contribution in [2.45, 2.75) is 12.1 Å². The molecule has 4 aromatic rings. The van der Waals surface area contributed by atoms with Crippen molar-refractivity contribution < 1.29 is 4.79 Å². The molecule has 0 saturated heterocycles. The number of carbonyl (C=O) groups excluding carboxylic acids is 1. The van der Waals surface area contributed by atoms with Crippen LogP contribution in [0.2, 0.25) is 5.02 Å². The third-order valence-electron chi connectivity index (χ3n) is 4.18. The first kappa shape index (κ1) is 18.5. The van der Waals surface area contributed by atoms with E-state index in [9.17, 15) is 4.79 Å². The molecule has 2 aromatic carbocycles. The summed E-state index contributed by atoms with van der Waals surface area (Å²) < 4.78 is 1.66. The highest BCUT2D eigenvalue weighted by atomic mass is 35.5. The summed E-state index contributed by atoms with van der Waals surface area (Å²) in [6.07, 6.45) is 0. The molecule has 0 spiro atoms. The molecule has 0 atom stereocenters. The predicted molar refractivity (Wildman–Crippen MR) is 112 cm³/mol. The lowest BCUT2D eigenvalue weighted by Crippen LogP contribution is -2.15. The van der Waals surface area contributed by atoms with E-state index in [1.807, 2.05) is 55.5 Å². The fourth-order valence-corrected chi connectivity index (χ4v) is 3.54. The second-order valence-electron chi connectivity index (χ2n) is 6.09. The summed E-state index contributed by atoms with van der Waals surface area (Å²) >= 11 is 7.38. The number of aromatic nitrogens is 4. The minimum Gasteiger partial charge on any atom is -0.325 e. The molecule has 0 fully saturated rings. The lowest BCUT2D eigenvalue weighted by molar-refractivity contribution is -0.113. The van der Waals surface area contributed by atoms with Crippen LogP contribution in [0.5, 0.6) is 0 Å². The van der Waals surface area contributed by atoms with Gasteiger partial charge in [0.2, 0.25) is 11.1 Å². The Balaban J connectivity index is 1.50. The fraction of sp³-hybridized carbons (Fsp3) is 0.100. The molecule has 0 bridgehead atoms. The monoisotopic (exact) mass is 409 g/mol. The van der Waals surface area contributed by atoms with Crippen LogP contribution in [-0.2, 0) is 4.79 Å². The predicted octanol–water partition coefficient (Wildman–Crippen LogP) is 4.48. The summed E-state index contributed by atoms with van der Waals surface area (Å²) in [6.45, 7) is 1.87. The molecule has 0 unspecified atom stereocenters. The highest BCUT2D eigenvalue weighted by molar-refractivity contribution is 7.99. The van der Waals surface area contributed by atoms with Crippen LogP contribution < -0.4 is 5.32 Å². The molecule has 2 heterocycles. The van der Waals surface area contributed by atoms with Crippen LogP contribution in [0.25, 0.3) is 16.9 Å². The van der Waals surface area contributed by atoms with Gasteiger partial charge < -0.3 is 5.32 Å². The van der Waals surface area contributed by atoms with Gasteiger partial charge >= 0.3 is 0 Å². The number of hydrogen-bond donors (Lipinski definition) is 1.